The molecular formula is C63H41N5. The Morgan fingerprint density at radius 2 is 0.868 bits per heavy atom. The molecule has 0 saturated heterocycles. The van der Waals surface area contributed by atoms with Gasteiger partial charge in [0, 0.05) is 56.9 Å². The van der Waals surface area contributed by atoms with Crippen molar-refractivity contribution < 1.29 is 0 Å². The van der Waals surface area contributed by atoms with Gasteiger partial charge < -0.3 is 4.57 Å². The third kappa shape index (κ3) is 6.79. The van der Waals surface area contributed by atoms with E-state index in [1.165, 1.54) is 55.2 Å². The Labute approximate surface area is 394 Å². The first-order chi connectivity index (χ1) is 33.7. The third-order valence-corrected chi connectivity index (χ3v) is 13.3. The number of hydrogen-bond donors (Lipinski definition) is 0. The SMILES string of the molecule is c1ccc(-c2nc(-c3ccccc3)nc(-c3cc(-c4ccc(-c5ccccc5)c(-c5ccccc5)c4)cnc3-c3ccc4c(c3)Cc3c-4ccc4c5ccccc5n(-c5ccccc5)c34)n2)cc1. The van der Waals surface area contributed by atoms with E-state index in [1.807, 2.05) is 42.6 Å². The number of pyridine rings is 1. The van der Waals surface area contributed by atoms with E-state index in [0.29, 0.717) is 17.5 Å². The van der Waals surface area contributed by atoms with Crippen LogP contribution in [0, 0.1) is 0 Å². The predicted octanol–water partition coefficient (Wildman–Crippen LogP) is 15.6. The van der Waals surface area contributed by atoms with Gasteiger partial charge in [0.15, 0.2) is 17.5 Å². The molecule has 5 nitrogen and oxygen atoms in total. The van der Waals surface area contributed by atoms with Crippen LogP contribution in [0.1, 0.15) is 11.1 Å². The molecule has 9 aromatic carbocycles. The van der Waals surface area contributed by atoms with Crippen LogP contribution in [-0.4, -0.2) is 24.5 Å². The topological polar surface area (TPSA) is 56.5 Å². The Morgan fingerprint density at radius 1 is 0.338 bits per heavy atom. The van der Waals surface area contributed by atoms with Crippen molar-refractivity contribution in [1.29, 1.82) is 0 Å². The number of benzene rings is 9. The molecule has 13 rings (SSSR count). The number of fused-ring (bicyclic) bond motifs is 7. The van der Waals surface area contributed by atoms with Gasteiger partial charge in [0.2, 0.25) is 0 Å². The zero-order valence-corrected chi connectivity index (χ0v) is 37.0. The minimum absolute atomic E-state index is 0.559. The summed E-state index contributed by atoms with van der Waals surface area (Å²) in [7, 11) is 0. The van der Waals surface area contributed by atoms with Crippen LogP contribution in [0.15, 0.2) is 237 Å². The van der Waals surface area contributed by atoms with Crippen LogP contribution in [-0.2, 0) is 6.42 Å². The molecule has 3 aromatic heterocycles. The van der Waals surface area contributed by atoms with Crippen LogP contribution in [0.2, 0.25) is 0 Å². The lowest BCUT2D eigenvalue weighted by molar-refractivity contribution is 1.07. The van der Waals surface area contributed by atoms with Crippen LogP contribution < -0.4 is 0 Å². The minimum atomic E-state index is 0.559. The molecule has 318 valence electrons. The smallest absolute Gasteiger partial charge is 0.166 e. The van der Waals surface area contributed by atoms with E-state index in [0.717, 1.165) is 62.3 Å². The van der Waals surface area contributed by atoms with Crippen LogP contribution >= 0.6 is 0 Å². The Hall–Kier alpha value is -9.06. The van der Waals surface area contributed by atoms with E-state index < -0.39 is 0 Å². The highest BCUT2D eigenvalue weighted by atomic mass is 15.0. The zero-order chi connectivity index (χ0) is 45.0. The molecule has 0 saturated carbocycles. The fraction of sp³-hybridized carbons (Fsp3) is 0.0159. The van der Waals surface area contributed by atoms with Crippen LogP contribution in [0.3, 0.4) is 0 Å². The summed E-state index contributed by atoms with van der Waals surface area (Å²) in [5.74, 6) is 1.77. The average Bonchev–Trinajstić information content (AvgIpc) is 3.97. The predicted molar refractivity (Wildman–Crippen MR) is 278 cm³/mol. The Morgan fingerprint density at radius 3 is 1.54 bits per heavy atom. The number of rotatable bonds is 8. The van der Waals surface area contributed by atoms with Crippen molar-refractivity contribution in [2.45, 2.75) is 6.42 Å². The van der Waals surface area contributed by atoms with Crippen molar-refractivity contribution in [3.63, 3.8) is 0 Å². The second kappa shape index (κ2) is 16.4. The maximum atomic E-state index is 5.39. The molecule has 5 heteroatoms. The molecule has 12 aromatic rings. The summed E-state index contributed by atoms with van der Waals surface area (Å²) in [4.78, 5) is 21.0. The molecule has 3 heterocycles. The van der Waals surface area contributed by atoms with Gasteiger partial charge in [-0.1, -0.05) is 194 Å². The standard InChI is InChI=1S/C63H41N5/c1-6-18-41(19-7-1)50-32-30-45(37-55(50)42-20-8-2-9-21-42)48-39-57(63-66-61(43-22-10-3-11-23-43)65-62(67-63)44-24-12-4-13-25-44)59(64-40-48)46-31-33-51-47(36-46)38-56-52(51)34-35-54-53-28-16-17-29-58(53)68(60(54)56)49-26-14-5-15-27-49/h1-37,39-40H,38H2. The summed E-state index contributed by atoms with van der Waals surface area (Å²) >= 11 is 0. The lowest BCUT2D eigenvalue weighted by Crippen LogP contribution is -2.02. The number of nitrogens with zero attached hydrogens (tertiary/aromatic N) is 5. The maximum Gasteiger partial charge on any atom is 0.166 e. The van der Waals surface area contributed by atoms with E-state index in [9.17, 15) is 0 Å². The van der Waals surface area contributed by atoms with Crippen molar-refractivity contribution in [2.75, 3.05) is 0 Å². The molecule has 68 heavy (non-hydrogen) atoms. The second-order valence-electron chi connectivity index (χ2n) is 17.4. The molecule has 0 amide bonds. The zero-order valence-electron chi connectivity index (χ0n) is 37.0. The molecule has 0 fully saturated rings. The quantitative estimate of drug-likeness (QED) is 0.153. The van der Waals surface area contributed by atoms with E-state index >= 15 is 0 Å². The molecule has 0 bridgehead atoms. The molecule has 1 aliphatic carbocycles. The van der Waals surface area contributed by atoms with Crippen LogP contribution in [0.4, 0.5) is 0 Å². The van der Waals surface area contributed by atoms with Gasteiger partial charge in [-0.3, -0.25) is 4.98 Å². The summed E-state index contributed by atoms with van der Waals surface area (Å²) < 4.78 is 2.44. The van der Waals surface area contributed by atoms with Gasteiger partial charge >= 0.3 is 0 Å². The fourth-order valence-corrected chi connectivity index (χ4v) is 10.1. The van der Waals surface area contributed by atoms with E-state index in [2.05, 4.69) is 199 Å². The van der Waals surface area contributed by atoms with Gasteiger partial charge in [-0.2, -0.15) is 0 Å². The van der Waals surface area contributed by atoms with Gasteiger partial charge in [0.05, 0.1) is 16.7 Å². The summed E-state index contributed by atoms with van der Waals surface area (Å²) in [5.41, 5.74) is 19.9. The lowest BCUT2D eigenvalue weighted by Gasteiger charge is -2.16. The fourth-order valence-electron chi connectivity index (χ4n) is 10.1. The number of para-hydroxylation sites is 2. The average molecular weight is 868 g/mol. The highest BCUT2D eigenvalue weighted by Crippen LogP contribution is 2.46. The summed E-state index contributed by atoms with van der Waals surface area (Å²) in [5, 5.41) is 2.52. The van der Waals surface area contributed by atoms with Gasteiger partial charge in [0.1, 0.15) is 0 Å². The van der Waals surface area contributed by atoms with Gasteiger partial charge in [-0.15, -0.1) is 0 Å². The number of aromatic nitrogens is 5. The highest BCUT2D eigenvalue weighted by molar-refractivity contribution is 6.12. The Balaban J connectivity index is 1.000. The van der Waals surface area contributed by atoms with Gasteiger partial charge in [-0.25, -0.2) is 15.0 Å². The second-order valence-corrected chi connectivity index (χ2v) is 17.4. The van der Waals surface area contributed by atoms with E-state index in [-0.39, 0.29) is 0 Å². The minimum Gasteiger partial charge on any atom is -0.309 e. The summed E-state index contributed by atoms with van der Waals surface area (Å²) in [6.45, 7) is 0. The lowest BCUT2D eigenvalue weighted by atomic mass is 9.90. The first-order valence-electron chi connectivity index (χ1n) is 23.1. The first-order valence-corrected chi connectivity index (χ1v) is 23.1. The third-order valence-electron chi connectivity index (χ3n) is 13.3. The van der Waals surface area contributed by atoms with Crippen molar-refractivity contribution in [2.24, 2.45) is 0 Å². The monoisotopic (exact) mass is 867 g/mol. The summed E-state index contributed by atoms with van der Waals surface area (Å²) in [6, 6.07) is 81.4. The molecule has 0 atom stereocenters. The number of hydrogen-bond acceptors (Lipinski definition) is 4. The molecular weight excluding hydrogens is 827 g/mol. The van der Waals surface area contributed by atoms with E-state index in [1.54, 1.807) is 0 Å². The maximum absolute atomic E-state index is 5.39. The Kier molecular flexibility index (Phi) is 9.50. The van der Waals surface area contributed by atoms with Crippen molar-refractivity contribution in [3.8, 4) is 95.6 Å². The molecule has 0 N–H and O–H groups in total. The Bertz CT molecular complexity index is 3790. The molecule has 0 radical (unpaired) electrons. The van der Waals surface area contributed by atoms with Gasteiger partial charge in [-0.05, 0) is 86.5 Å². The highest BCUT2D eigenvalue weighted by Gasteiger charge is 2.27. The normalized spacial score (nSPS) is 11.8. The molecule has 1 aliphatic rings. The van der Waals surface area contributed by atoms with Crippen LogP contribution in [0.5, 0.6) is 0 Å². The van der Waals surface area contributed by atoms with Gasteiger partial charge in [0.25, 0.3) is 0 Å². The molecule has 0 unspecified atom stereocenters. The first kappa shape index (κ1) is 39.3. The van der Waals surface area contributed by atoms with E-state index in [4.69, 9.17) is 19.9 Å². The van der Waals surface area contributed by atoms with Crippen LogP contribution in [0.25, 0.3) is 117 Å². The van der Waals surface area contributed by atoms with Crippen molar-refractivity contribution in [1.82, 2.24) is 24.5 Å². The molecule has 0 aliphatic heterocycles. The van der Waals surface area contributed by atoms with Crippen molar-refractivity contribution >= 4 is 21.8 Å². The largest absolute Gasteiger partial charge is 0.309 e. The summed E-state index contributed by atoms with van der Waals surface area (Å²) in [6.07, 6.45) is 2.80. The molecule has 0 spiro atoms. The van der Waals surface area contributed by atoms with Crippen molar-refractivity contribution in [3.05, 3.63) is 248 Å².